The third kappa shape index (κ3) is 4.52. The number of ether oxygens (including phenoxy) is 2. The van der Waals surface area contributed by atoms with Crippen molar-refractivity contribution in [3.63, 3.8) is 0 Å². The molecule has 1 unspecified atom stereocenters. The second kappa shape index (κ2) is 8.41. The molecule has 5 nitrogen and oxygen atoms in total. The van der Waals surface area contributed by atoms with E-state index in [2.05, 4.69) is 17.1 Å². The molecular weight excluding hydrogens is 316 g/mol. The van der Waals surface area contributed by atoms with Gasteiger partial charge >= 0.3 is 6.09 Å². The van der Waals surface area contributed by atoms with Crippen molar-refractivity contribution >= 4 is 24.2 Å². The maximum absolute atomic E-state index is 12.2. The normalized spacial score (nSPS) is 25.3. The van der Waals surface area contributed by atoms with Crippen LogP contribution >= 0.6 is 12.4 Å². The van der Waals surface area contributed by atoms with Gasteiger partial charge in [0.15, 0.2) is 0 Å². The lowest BCUT2D eigenvalue weighted by molar-refractivity contribution is -0.0290. The molecule has 0 saturated carbocycles. The number of benzene rings is 1. The molecule has 6 heteroatoms. The lowest BCUT2D eigenvalue weighted by Gasteiger charge is -2.43. The van der Waals surface area contributed by atoms with Gasteiger partial charge in [0.05, 0.1) is 12.3 Å². The van der Waals surface area contributed by atoms with Gasteiger partial charge in [0.1, 0.15) is 11.9 Å². The van der Waals surface area contributed by atoms with E-state index in [0.717, 1.165) is 38.9 Å². The van der Waals surface area contributed by atoms with Crippen LogP contribution in [0.25, 0.3) is 0 Å². The number of amides is 1. The van der Waals surface area contributed by atoms with Gasteiger partial charge in [-0.1, -0.05) is 19.1 Å². The van der Waals surface area contributed by atoms with Crippen molar-refractivity contribution in [2.24, 2.45) is 5.92 Å². The van der Waals surface area contributed by atoms with E-state index in [-0.39, 0.29) is 24.6 Å². The fourth-order valence-electron chi connectivity index (χ4n) is 3.23. The second-order valence-electron chi connectivity index (χ2n) is 6.05. The Labute approximate surface area is 143 Å². The summed E-state index contributed by atoms with van der Waals surface area (Å²) >= 11 is 0. The number of anilines is 1. The number of nitrogens with one attached hydrogen (secondary N) is 1. The van der Waals surface area contributed by atoms with Crippen molar-refractivity contribution in [1.29, 1.82) is 0 Å². The third-order valence-corrected chi connectivity index (χ3v) is 4.44. The maximum atomic E-state index is 12.2. The number of nitrogens with zero attached hydrogens (tertiary/aromatic N) is 1. The summed E-state index contributed by atoms with van der Waals surface area (Å²) in [6.45, 7) is 5.83. The van der Waals surface area contributed by atoms with Crippen molar-refractivity contribution in [3.8, 4) is 5.75 Å². The SMILES string of the molecule is CCCOc1ccccc1NC(=O)OC1CN2CCC1CC2.Cl. The maximum Gasteiger partial charge on any atom is 0.412 e. The highest BCUT2D eigenvalue weighted by atomic mass is 35.5. The summed E-state index contributed by atoms with van der Waals surface area (Å²) in [5, 5.41) is 2.82. The predicted molar refractivity (Wildman–Crippen MR) is 92.5 cm³/mol. The van der Waals surface area contributed by atoms with Gasteiger partial charge in [0.2, 0.25) is 0 Å². The lowest BCUT2D eigenvalue weighted by Crippen LogP contribution is -2.52. The van der Waals surface area contributed by atoms with Crippen LogP contribution in [-0.2, 0) is 4.74 Å². The van der Waals surface area contributed by atoms with E-state index >= 15 is 0 Å². The summed E-state index contributed by atoms with van der Waals surface area (Å²) in [5.41, 5.74) is 0.669. The van der Waals surface area contributed by atoms with Crippen molar-refractivity contribution in [3.05, 3.63) is 24.3 Å². The zero-order valence-corrected chi connectivity index (χ0v) is 14.3. The first-order chi connectivity index (χ1) is 10.8. The number of hydrogen-bond acceptors (Lipinski definition) is 4. The van der Waals surface area contributed by atoms with Crippen molar-refractivity contribution in [1.82, 2.24) is 4.90 Å². The van der Waals surface area contributed by atoms with Crippen LogP contribution < -0.4 is 10.1 Å². The van der Waals surface area contributed by atoms with E-state index in [9.17, 15) is 4.79 Å². The molecule has 0 aromatic heterocycles. The van der Waals surface area contributed by atoms with Crippen molar-refractivity contribution in [2.45, 2.75) is 32.3 Å². The number of piperidine rings is 3. The number of halogens is 1. The Bertz CT molecular complexity index is 518. The van der Waals surface area contributed by atoms with Crippen LogP contribution in [0.4, 0.5) is 10.5 Å². The molecular formula is C17H25ClN2O3. The van der Waals surface area contributed by atoms with Gasteiger partial charge in [-0.15, -0.1) is 12.4 Å². The minimum Gasteiger partial charge on any atom is -0.491 e. The molecule has 1 aromatic carbocycles. The monoisotopic (exact) mass is 340 g/mol. The lowest BCUT2D eigenvalue weighted by atomic mass is 9.86. The Hall–Kier alpha value is -1.46. The summed E-state index contributed by atoms with van der Waals surface area (Å²) in [5.74, 6) is 1.21. The Kier molecular flexibility index (Phi) is 6.54. The van der Waals surface area contributed by atoms with E-state index in [1.54, 1.807) is 0 Å². The third-order valence-electron chi connectivity index (χ3n) is 4.44. The number of fused-ring (bicyclic) bond motifs is 3. The molecule has 23 heavy (non-hydrogen) atoms. The average molecular weight is 341 g/mol. The highest BCUT2D eigenvalue weighted by Crippen LogP contribution is 2.30. The van der Waals surface area contributed by atoms with Crippen LogP contribution in [0.15, 0.2) is 24.3 Å². The topological polar surface area (TPSA) is 50.8 Å². The molecule has 128 valence electrons. The molecule has 0 radical (unpaired) electrons. The molecule has 3 fully saturated rings. The van der Waals surface area contributed by atoms with Gasteiger partial charge in [0, 0.05) is 6.54 Å². The second-order valence-corrected chi connectivity index (χ2v) is 6.05. The predicted octanol–water partition coefficient (Wildman–Crippen LogP) is 3.54. The van der Waals surface area contributed by atoms with E-state index < -0.39 is 0 Å². The van der Waals surface area contributed by atoms with Crippen LogP contribution in [-0.4, -0.2) is 43.3 Å². The minimum absolute atomic E-state index is 0. The highest BCUT2D eigenvalue weighted by molar-refractivity contribution is 5.86. The molecule has 1 N–H and O–H groups in total. The van der Waals surface area contributed by atoms with Crippen LogP contribution in [0.5, 0.6) is 5.75 Å². The average Bonchev–Trinajstić information content (AvgIpc) is 2.55. The van der Waals surface area contributed by atoms with Crippen molar-refractivity contribution in [2.75, 3.05) is 31.6 Å². The summed E-state index contributed by atoms with van der Waals surface area (Å²) in [4.78, 5) is 14.5. The van der Waals surface area contributed by atoms with Gasteiger partial charge in [-0.25, -0.2) is 4.79 Å². The summed E-state index contributed by atoms with van der Waals surface area (Å²) in [6, 6.07) is 7.47. The van der Waals surface area contributed by atoms with Crippen LogP contribution in [0.1, 0.15) is 26.2 Å². The minimum atomic E-state index is -0.383. The summed E-state index contributed by atoms with van der Waals surface area (Å²) < 4.78 is 11.3. The van der Waals surface area contributed by atoms with Gasteiger partial charge in [-0.05, 0) is 50.4 Å². The molecule has 2 bridgehead atoms. The van der Waals surface area contributed by atoms with Gasteiger partial charge in [-0.2, -0.15) is 0 Å². The number of carbonyl (C=O) groups excluding carboxylic acids is 1. The Balaban J connectivity index is 0.00000192. The molecule has 3 aliphatic rings. The zero-order valence-electron chi connectivity index (χ0n) is 13.5. The van der Waals surface area contributed by atoms with E-state index in [0.29, 0.717) is 24.0 Å². The molecule has 0 spiro atoms. The van der Waals surface area contributed by atoms with Gasteiger partial charge in [0.25, 0.3) is 0 Å². The van der Waals surface area contributed by atoms with Crippen LogP contribution in [0.3, 0.4) is 0 Å². The Morgan fingerprint density at radius 1 is 1.30 bits per heavy atom. The van der Waals surface area contributed by atoms with E-state index in [1.807, 2.05) is 24.3 Å². The van der Waals surface area contributed by atoms with Gasteiger partial charge in [-0.3, -0.25) is 10.2 Å². The Morgan fingerprint density at radius 2 is 2.04 bits per heavy atom. The number of carbonyl (C=O) groups is 1. The number of para-hydroxylation sites is 2. The largest absolute Gasteiger partial charge is 0.491 e. The molecule has 3 saturated heterocycles. The van der Waals surface area contributed by atoms with E-state index in [4.69, 9.17) is 9.47 Å². The zero-order chi connectivity index (χ0) is 15.4. The molecule has 0 aliphatic carbocycles. The molecule has 1 atom stereocenters. The highest BCUT2D eigenvalue weighted by Gasteiger charge is 2.36. The summed E-state index contributed by atoms with van der Waals surface area (Å²) in [7, 11) is 0. The smallest absolute Gasteiger partial charge is 0.412 e. The molecule has 4 rings (SSSR count). The Morgan fingerprint density at radius 3 is 2.70 bits per heavy atom. The van der Waals surface area contributed by atoms with Crippen LogP contribution in [0.2, 0.25) is 0 Å². The first kappa shape index (κ1) is 17.9. The quantitative estimate of drug-likeness (QED) is 0.890. The van der Waals surface area contributed by atoms with E-state index in [1.165, 1.54) is 0 Å². The molecule has 3 aliphatic heterocycles. The summed E-state index contributed by atoms with van der Waals surface area (Å²) in [6.07, 6.45) is 2.83. The van der Waals surface area contributed by atoms with Crippen LogP contribution in [0, 0.1) is 5.92 Å². The standard InChI is InChI=1S/C17H24N2O3.ClH/c1-2-11-21-15-6-4-3-5-14(15)18-17(20)22-16-12-19-9-7-13(16)8-10-19;/h3-6,13,16H,2,7-12H2,1H3,(H,18,20);1H. The fourth-order valence-corrected chi connectivity index (χ4v) is 3.23. The number of hydrogen-bond donors (Lipinski definition) is 1. The first-order valence-electron chi connectivity index (χ1n) is 8.18. The molecule has 1 aromatic rings. The van der Waals surface area contributed by atoms with Crippen molar-refractivity contribution < 1.29 is 14.3 Å². The molecule has 3 heterocycles. The number of rotatable bonds is 5. The first-order valence-corrected chi connectivity index (χ1v) is 8.18. The van der Waals surface area contributed by atoms with Gasteiger partial charge < -0.3 is 9.47 Å². The molecule has 1 amide bonds. The fraction of sp³-hybridized carbons (Fsp3) is 0.588.